The van der Waals surface area contributed by atoms with E-state index in [2.05, 4.69) is 32.1 Å². The van der Waals surface area contributed by atoms with Crippen LogP contribution in [0.25, 0.3) is 0 Å². The lowest BCUT2D eigenvalue weighted by Gasteiger charge is -2.13. The first-order chi connectivity index (χ1) is 10.8. The van der Waals surface area contributed by atoms with E-state index in [4.69, 9.17) is 4.74 Å². The summed E-state index contributed by atoms with van der Waals surface area (Å²) in [7, 11) is 0. The number of rotatable bonds is 8. The number of aromatic nitrogens is 2. The van der Waals surface area contributed by atoms with E-state index in [1.54, 1.807) is 0 Å². The van der Waals surface area contributed by atoms with E-state index in [1.165, 1.54) is 0 Å². The van der Waals surface area contributed by atoms with Gasteiger partial charge in [0, 0.05) is 38.6 Å². The number of aliphatic imine (C=N–C) groups is 1. The molecule has 0 bridgehead atoms. The van der Waals surface area contributed by atoms with Crippen molar-refractivity contribution in [3.05, 3.63) is 18.2 Å². The monoisotopic (exact) mass is 435 g/mol. The van der Waals surface area contributed by atoms with Crippen molar-refractivity contribution in [1.82, 2.24) is 20.2 Å². The minimum Gasteiger partial charge on any atom is -0.376 e. The van der Waals surface area contributed by atoms with Crippen molar-refractivity contribution in [2.75, 3.05) is 26.2 Å². The summed E-state index contributed by atoms with van der Waals surface area (Å²) >= 11 is 0. The highest BCUT2D eigenvalue weighted by atomic mass is 127. The molecule has 6 nitrogen and oxygen atoms in total. The normalized spacial score (nSPS) is 17.8. The summed E-state index contributed by atoms with van der Waals surface area (Å²) in [4.78, 5) is 8.85. The zero-order valence-corrected chi connectivity index (χ0v) is 16.6. The largest absolute Gasteiger partial charge is 0.376 e. The molecular formula is C16H30IN5O. The standard InChI is InChI=1S/C16H29N5O.HI/c1-3-17-16(20-13-15-7-6-12-22-15)19-8-4-5-10-21-11-9-18-14(21)2;/h9,11,15H,3-8,10,12-13H2,1-2H3,(H2,17,19,20);1H. The molecule has 1 atom stereocenters. The van der Waals surface area contributed by atoms with Crippen LogP contribution in [0.3, 0.4) is 0 Å². The van der Waals surface area contributed by atoms with E-state index in [0.717, 1.165) is 70.3 Å². The van der Waals surface area contributed by atoms with Gasteiger partial charge >= 0.3 is 0 Å². The molecule has 1 unspecified atom stereocenters. The summed E-state index contributed by atoms with van der Waals surface area (Å²) in [6.07, 6.45) is 8.74. The molecule has 23 heavy (non-hydrogen) atoms. The maximum Gasteiger partial charge on any atom is 0.191 e. The molecule has 1 saturated heterocycles. The summed E-state index contributed by atoms with van der Waals surface area (Å²) in [6.45, 7) is 8.61. The van der Waals surface area contributed by atoms with E-state index < -0.39 is 0 Å². The molecule has 2 N–H and O–H groups in total. The molecule has 132 valence electrons. The molecule has 2 heterocycles. The molecule has 0 saturated carbocycles. The Hall–Kier alpha value is -0.830. The molecule has 0 radical (unpaired) electrons. The fourth-order valence-electron chi connectivity index (χ4n) is 2.58. The fraction of sp³-hybridized carbons (Fsp3) is 0.750. The van der Waals surface area contributed by atoms with Gasteiger partial charge in [-0.05, 0) is 39.5 Å². The zero-order valence-electron chi connectivity index (χ0n) is 14.3. The van der Waals surface area contributed by atoms with Crippen molar-refractivity contribution in [1.29, 1.82) is 0 Å². The summed E-state index contributed by atoms with van der Waals surface area (Å²) < 4.78 is 7.80. The van der Waals surface area contributed by atoms with Crippen LogP contribution in [0.1, 0.15) is 38.4 Å². The molecule has 0 amide bonds. The number of guanidine groups is 1. The first kappa shape index (κ1) is 20.2. The van der Waals surface area contributed by atoms with E-state index in [-0.39, 0.29) is 24.0 Å². The summed E-state index contributed by atoms with van der Waals surface area (Å²) in [6, 6.07) is 0. The van der Waals surface area contributed by atoms with Gasteiger partial charge in [-0.1, -0.05) is 0 Å². The third kappa shape index (κ3) is 7.52. The van der Waals surface area contributed by atoms with E-state index in [1.807, 2.05) is 19.3 Å². The van der Waals surface area contributed by atoms with Crippen LogP contribution in [-0.2, 0) is 11.3 Å². The Kier molecular flexibility index (Phi) is 10.3. The van der Waals surface area contributed by atoms with Gasteiger partial charge in [-0.3, -0.25) is 4.99 Å². The average molecular weight is 435 g/mol. The van der Waals surface area contributed by atoms with Crippen LogP contribution in [0, 0.1) is 6.92 Å². The van der Waals surface area contributed by atoms with Crippen LogP contribution < -0.4 is 10.6 Å². The van der Waals surface area contributed by atoms with Crippen LogP contribution >= 0.6 is 24.0 Å². The SMILES string of the molecule is CCNC(=NCC1CCCO1)NCCCCn1ccnc1C.I. The van der Waals surface area contributed by atoms with Crippen LogP contribution in [0.4, 0.5) is 0 Å². The number of hydrogen-bond acceptors (Lipinski definition) is 3. The third-order valence-corrected chi connectivity index (χ3v) is 3.86. The molecule has 0 aromatic carbocycles. The number of halogens is 1. The number of unbranched alkanes of at least 4 members (excludes halogenated alkanes) is 1. The number of ether oxygens (including phenoxy) is 1. The lowest BCUT2D eigenvalue weighted by Crippen LogP contribution is -2.38. The van der Waals surface area contributed by atoms with Crippen molar-refractivity contribution in [3.63, 3.8) is 0 Å². The first-order valence-corrected chi connectivity index (χ1v) is 8.41. The van der Waals surface area contributed by atoms with Crippen molar-refractivity contribution < 1.29 is 4.74 Å². The van der Waals surface area contributed by atoms with Gasteiger partial charge in [0.15, 0.2) is 5.96 Å². The minimum atomic E-state index is 0. The average Bonchev–Trinajstić information content (AvgIpc) is 3.16. The van der Waals surface area contributed by atoms with Crippen LogP contribution in [0.5, 0.6) is 0 Å². The molecule has 0 spiro atoms. The molecular weight excluding hydrogens is 405 g/mol. The highest BCUT2D eigenvalue weighted by Crippen LogP contribution is 2.11. The Morgan fingerprint density at radius 3 is 2.96 bits per heavy atom. The molecule has 1 fully saturated rings. The lowest BCUT2D eigenvalue weighted by molar-refractivity contribution is 0.117. The Labute approximate surface area is 156 Å². The van der Waals surface area contributed by atoms with Crippen molar-refractivity contribution in [2.24, 2.45) is 4.99 Å². The predicted octanol–water partition coefficient (Wildman–Crippen LogP) is 2.32. The minimum absolute atomic E-state index is 0. The Balaban J connectivity index is 0.00000264. The van der Waals surface area contributed by atoms with Gasteiger partial charge in [0.1, 0.15) is 5.82 Å². The second-order valence-electron chi connectivity index (χ2n) is 5.66. The first-order valence-electron chi connectivity index (χ1n) is 8.41. The van der Waals surface area contributed by atoms with Gasteiger partial charge in [0.2, 0.25) is 0 Å². The second kappa shape index (κ2) is 11.7. The predicted molar refractivity (Wildman–Crippen MR) is 105 cm³/mol. The second-order valence-corrected chi connectivity index (χ2v) is 5.66. The highest BCUT2D eigenvalue weighted by Gasteiger charge is 2.14. The Bertz CT molecular complexity index is 457. The van der Waals surface area contributed by atoms with Gasteiger partial charge in [-0.2, -0.15) is 0 Å². The van der Waals surface area contributed by atoms with Gasteiger partial charge in [-0.25, -0.2) is 4.98 Å². The van der Waals surface area contributed by atoms with E-state index in [0.29, 0.717) is 6.10 Å². The zero-order chi connectivity index (χ0) is 15.6. The maximum atomic E-state index is 5.61. The van der Waals surface area contributed by atoms with Gasteiger partial charge in [0.25, 0.3) is 0 Å². The Morgan fingerprint density at radius 1 is 1.43 bits per heavy atom. The Morgan fingerprint density at radius 2 is 2.30 bits per heavy atom. The highest BCUT2D eigenvalue weighted by molar-refractivity contribution is 14.0. The van der Waals surface area contributed by atoms with Crippen molar-refractivity contribution in [3.8, 4) is 0 Å². The third-order valence-electron chi connectivity index (χ3n) is 3.86. The van der Waals surface area contributed by atoms with Crippen molar-refractivity contribution in [2.45, 2.75) is 52.2 Å². The van der Waals surface area contributed by atoms with Crippen LogP contribution in [-0.4, -0.2) is 47.9 Å². The smallest absolute Gasteiger partial charge is 0.191 e. The maximum absolute atomic E-state index is 5.61. The molecule has 2 rings (SSSR count). The quantitative estimate of drug-likeness (QED) is 0.285. The fourth-order valence-corrected chi connectivity index (χ4v) is 2.58. The molecule has 1 aromatic rings. The number of imidazole rings is 1. The number of hydrogen-bond donors (Lipinski definition) is 2. The van der Waals surface area contributed by atoms with Crippen LogP contribution in [0.15, 0.2) is 17.4 Å². The lowest BCUT2D eigenvalue weighted by atomic mass is 10.2. The molecule has 7 heteroatoms. The molecule has 1 aromatic heterocycles. The van der Waals surface area contributed by atoms with E-state index >= 15 is 0 Å². The number of nitrogens with one attached hydrogen (secondary N) is 2. The number of aryl methyl sites for hydroxylation is 2. The molecule has 1 aliphatic heterocycles. The molecule has 0 aliphatic carbocycles. The molecule has 1 aliphatic rings. The topological polar surface area (TPSA) is 63.5 Å². The summed E-state index contributed by atoms with van der Waals surface area (Å²) in [5.74, 6) is 1.98. The summed E-state index contributed by atoms with van der Waals surface area (Å²) in [5, 5.41) is 6.69. The number of nitrogens with zero attached hydrogens (tertiary/aromatic N) is 3. The van der Waals surface area contributed by atoms with E-state index in [9.17, 15) is 0 Å². The van der Waals surface area contributed by atoms with Crippen molar-refractivity contribution >= 4 is 29.9 Å². The van der Waals surface area contributed by atoms with Crippen LogP contribution in [0.2, 0.25) is 0 Å². The summed E-state index contributed by atoms with van der Waals surface area (Å²) in [5.41, 5.74) is 0. The van der Waals surface area contributed by atoms with Gasteiger partial charge < -0.3 is 19.9 Å². The van der Waals surface area contributed by atoms with Gasteiger partial charge in [0.05, 0.1) is 12.6 Å². The van der Waals surface area contributed by atoms with Gasteiger partial charge in [-0.15, -0.1) is 24.0 Å².